The van der Waals surface area contributed by atoms with Gasteiger partial charge in [0.15, 0.2) is 5.69 Å². The van der Waals surface area contributed by atoms with Crippen LogP contribution in [-0.2, 0) is 6.67 Å². The normalized spacial score (nSPS) is 14.6. The number of rotatable bonds is 8. The van der Waals surface area contributed by atoms with E-state index in [4.69, 9.17) is 4.74 Å². The Hall–Kier alpha value is -4.81. The number of anilines is 2. The van der Waals surface area contributed by atoms with Crippen LogP contribution in [0.3, 0.4) is 0 Å². The molecule has 40 heavy (non-hydrogen) atoms. The molecule has 4 aromatic rings. The molecule has 12 heteroatoms. The van der Waals surface area contributed by atoms with Crippen molar-refractivity contribution in [3.05, 3.63) is 82.4 Å². The Labute approximate surface area is 230 Å². The molecule has 5 rings (SSSR count). The summed E-state index contributed by atoms with van der Waals surface area (Å²) in [6.07, 6.45) is 0. The first-order valence-electron chi connectivity index (χ1n) is 12.7. The number of azo groups is 1. The Kier molecular flexibility index (Phi) is 7.71. The van der Waals surface area contributed by atoms with Crippen molar-refractivity contribution in [1.82, 2.24) is 14.4 Å². The lowest BCUT2D eigenvalue weighted by Crippen LogP contribution is -2.44. The highest BCUT2D eigenvalue weighted by molar-refractivity contribution is 5.98. The number of fused-ring (bicyclic) bond motifs is 1. The highest BCUT2D eigenvalue weighted by atomic mass is 16.6. The van der Waals surface area contributed by atoms with Gasteiger partial charge < -0.3 is 20.1 Å². The summed E-state index contributed by atoms with van der Waals surface area (Å²) < 4.78 is 6.89. The number of nitro groups is 1. The van der Waals surface area contributed by atoms with Crippen molar-refractivity contribution in [2.45, 2.75) is 6.67 Å². The molecule has 0 radical (unpaired) electrons. The number of amides is 1. The number of aromatic hydroxyl groups is 1. The predicted octanol–water partition coefficient (Wildman–Crippen LogP) is 5.14. The minimum Gasteiger partial charge on any atom is -0.497 e. The van der Waals surface area contributed by atoms with Gasteiger partial charge in [0.1, 0.15) is 11.4 Å². The lowest BCUT2D eigenvalue weighted by Gasteiger charge is -2.32. The van der Waals surface area contributed by atoms with Gasteiger partial charge in [-0.05, 0) is 49.5 Å². The number of carbonyl (C=O) groups is 1. The van der Waals surface area contributed by atoms with Crippen LogP contribution in [0.15, 0.2) is 77.0 Å². The van der Waals surface area contributed by atoms with Crippen LogP contribution in [0.25, 0.3) is 10.9 Å². The zero-order valence-corrected chi connectivity index (χ0v) is 22.1. The fraction of sp³-hybridized carbons (Fsp3) is 0.250. The Bertz CT molecular complexity index is 1570. The van der Waals surface area contributed by atoms with Crippen molar-refractivity contribution >= 4 is 39.6 Å². The zero-order chi connectivity index (χ0) is 28.2. The number of methoxy groups -OCH3 is 1. The number of nitrogens with one attached hydrogen (secondary N) is 1. The SMILES string of the molecule is COc1ccc(Nc2ccc(C(=O)N=Nc3c(O)n(CN4CCN(C)CC4)c4ccccc34)cc2[N+](=O)[O-])cc1. The largest absolute Gasteiger partial charge is 0.497 e. The molecule has 0 aliphatic carbocycles. The number of benzene rings is 3. The van der Waals surface area contributed by atoms with Crippen molar-refractivity contribution < 1.29 is 19.6 Å². The quantitative estimate of drug-likeness (QED) is 0.177. The van der Waals surface area contributed by atoms with Crippen LogP contribution in [0.4, 0.5) is 22.7 Å². The molecule has 1 aliphatic rings. The molecule has 2 heterocycles. The van der Waals surface area contributed by atoms with E-state index in [1.54, 1.807) is 42.0 Å². The van der Waals surface area contributed by atoms with E-state index in [1.165, 1.54) is 12.1 Å². The maximum Gasteiger partial charge on any atom is 0.295 e. The van der Waals surface area contributed by atoms with E-state index in [2.05, 4.69) is 32.4 Å². The highest BCUT2D eigenvalue weighted by Crippen LogP contribution is 2.39. The Morgan fingerprint density at radius 3 is 2.50 bits per heavy atom. The number of hydrogen-bond acceptors (Lipinski definition) is 9. The summed E-state index contributed by atoms with van der Waals surface area (Å²) in [5.74, 6) is -0.212. The van der Waals surface area contributed by atoms with Gasteiger partial charge in [0.05, 0.1) is 29.8 Å². The van der Waals surface area contributed by atoms with E-state index in [-0.39, 0.29) is 28.5 Å². The number of hydrogen-bond donors (Lipinski definition) is 2. The standard InChI is InChI=1S/C28H29N7O5/c1-32-13-15-33(16-14-32)18-34-24-6-4-3-5-22(24)26(28(34)37)30-31-27(36)19-7-12-23(25(17-19)35(38)39)29-20-8-10-21(40-2)11-9-20/h3-12,17,29,37H,13-16,18H2,1-2H3. The van der Waals surface area contributed by atoms with E-state index in [0.29, 0.717) is 23.5 Å². The molecule has 1 amide bonds. The molecule has 1 fully saturated rings. The van der Waals surface area contributed by atoms with Crippen molar-refractivity contribution in [3.8, 4) is 11.6 Å². The first-order chi connectivity index (χ1) is 19.3. The number of piperazine rings is 1. The minimum atomic E-state index is -0.769. The van der Waals surface area contributed by atoms with Crippen LogP contribution < -0.4 is 10.1 Å². The van der Waals surface area contributed by atoms with E-state index in [1.807, 2.05) is 18.2 Å². The second kappa shape index (κ2) is 11.5. The monoisotopic (exact) mass is 543 g/mol. The third-order valence-electron chi connectivity index (χ3n) is 6.91. The van der Waals surface area contributed by atoms with E-state index >= 15 is 0 Å². The van der Waals surface area contributed by atoms with E-state index in [0.717, 1.165) is 37.8 Å². The number of aromatic nitrogens is 1. The summed E-state index contributed by atoms with van der Waals surface area (Å²) in [4.78, 5) is 28.6. The molecule has 0 spiro atoms. The van der Waals surface area contributed by atoms with Gasteiger partial charge in [-0.15, -0.1) is 10.2 Å². The van der Waals surface area contributed by atoms with Gasteiger partial charge in [0, 0.05) is 43.3 Å². The molecule has 1 aromatic heterocycles. The van der Waals surface area contributed by atoms with Crippen LogP contribution in [0, 0.1) is 10.1 Å². The first-order valence-corrected chi connectivity index (χ1v) is 12.7. The number of para-hydroxylation sites is 1. The molecular formula is C28H29N7O5. The molecule has 0 saturated carbocycles. The number of nitrogens with zero attached hydrogens (tertiary/aromatic N) is 6. The predicted molar refractivity (Wildman–Crippen MR) is 151 cm³/mol. The molecule has 0 unspecified atom stereocenters. The summed E-state index contributed by atoms with van der Waals surface area (Å²) in [5.41, 5.74) is 1.48. The van der Waals surface area contributed by atoms with Crippen molar-refractivity contribution in [2.75, 3.05) is 45.7 Å². The second-order valence-corrected chi connectivity index (χ2v) is 9.53. The third kappa shape index (κ3) is 5.63. The smallest absolute Gasteiger partial charge is 0.295 e. The van der Waals surface area contributed by atoms with E-state index in [9.17, 15) is 20.0 Å². The maximum atomic E-state index is 12.9. The molecule has 206 valence electrons. The van der Waals surface area contributed by atoms with Crippen LogP contribution >= 0.6 is 0 Å². The topological polar surface area (TPSA) is 138 Å². The third-order valence-corrected chi connectivity index (χ3v) is 6.91. The molecule has 3 aromatic carbocycles. The highest BCUT2D eigenvalue weighted by Gasteiger charge is 2.22. The molecule has 1 aliphatic heterocycles. The van der Waals surface area contributed by atoms with Gasteiger partial charge in [-0.25, -0.2) is 0 Å². The fourth-order valence-corrected chi connectivity index (χ4v) is 4.61. The average Bonchev–Trinajstić information content (AvgIpc) is 3.23. The minimum absolute atomic E-state index is 0.00334. The summed E-state index contributed by atoms with van der Waals surface area (Å²) in [5, 5.41) is 34.4. The molecule has 0 bridgehead atoms. The Morgan fingerprint density at radius 1 is 1.07 bits per heavy atom. The lowest BCUT2D eigenvalue weighted by atomic mass is 10.1. The van der Waals surface area contributed by atoms with Crippen molar-refractivity contribution in [3.63, 3.8) is 0 Å². The van der Waals surface area contributed by atoms with Gasteiger partial charge in [-0.3, -0.25) is 24.4 Å². The average molecular weight is 544 g/mol. The zero-order valence-electron chi connectivity index (χ0n) is 22.1. The number of likely N-dealkylation sites (N-methyl/N-ethyl adjacent to an activating group) is 1. The fourth-order valence-electron chi connectivity index (χ4n) is 4.61. The summed E-state index contributed by atoms with van der Waals surface area (Å²) in [6, 6.07) is 18.3. The molecule has 12 nitrogen and oxygen atoms in total. The maximum absolute atomic E-state index is 12.9. The second-order valence-electron chi connectivity index (χ2n) is 9.53. The summed E-state index contributed by atoms with van der Waals surface area (Å²) in [7, 11) is 3.63. The first kappa shape index (κ1) is 26.8. The van der Waals surface area contributed by atoms with E-state index < -0.39 is 10.8 Å². The number of nitro benzene ring substituents is 1. The van der Waals surface area contributed by atoms with Crippen LogP contribution in [-0.4, -0.2) is 70.6 Å². The Morgan fingerprint density at radius 2 is 1.80 bits per heavy atom. The summed E-state index contributed by atoms with van der Waals surface area (Å²) in [6.45, 7) is 4.06. The van der Waals surface area contributed by atoms with Gasteiger partial charge in [0.2, 0.25) is 5.88 Å². The lowest BCUT2D eigenvalue weighted by molar-refractivity contribution is -0.383. The van der Waals surface area contributed by atoms with Gasteiger partial charge in [-0.1, -0.05) is 18.2 Å². The van der Waals surface area contributed by atoms with Crippen LogP contribution in [0.5, 0.6) is 11.6 Å². The van der Waals surface area contributed by atoms with Crippen LogP contribution in [0.1, 0.15) is 10.4 Å². The number of ether oxygens (including phenoxy) is 1. The van der Waals surface area contributed by atoms with Crippen molar-refractivity contribution in [2.24, 2.45) is 10.2 Å². The Balaban J connectivity index is 1.39. The molecule has 0 atom stereocenters. The summed E-state index contributed by atoms with van der Waals surface area (Å²) >= 11 is 0. The molecule has 1 saturated heterocycles. The van der Waals surface area contributed by atoms with Gasteiger partial charge in [0.25, 0.3) is 11.6 Å². The molecular weight excluding hydrogens is 514 g/mol. The van der Waals surface area contributed by atoms with Gasteiger partial charge in [-0.2, -0.15) is 0 Å². The van der Waals surface area contributed by atoms with Crippen LogP contribution in [0.2, 0.25) is 0 Å². The van der Waals surface area contributed by atoms with Crippen molar-refractivity contribution in [1.29, 1.82) is 0 Å². The molecule has 2 N–H and O–H groups in total. The number of carbonyl (C=O) groups excluding carboxylic acids is 1. The van der Waals surface area contributed by atoms with Gasteiger partial charge >= 0.3 is 0 Å².